The van der Waals surface area contributed by atoms with E-state index in [2.05, 4.69) is 60.8 Å². The molecule has 1 aliphatic carbocycles. The molecular formula is C19H29N3O. The maximum atomic E-state index is 12.5. The van der Waals surface area contributed by atoms with Gasteiger partial charge in [0.25, 0.3) is 0 Å². The molecule has 2 atom stereocenters. The molecule has 1 aliphatic heterocycles. The molecule has 23 heavy (non-hydrogen) atoms. The first-order valence-electron chi connectivity index (χ1n) is 8.73. The Morgan fingerprint density at radius 2 is 1.96 bits per heavy atom. The van der Waals surface area contributed by atoms with Crippen molar-refractivity contribution >= 4 is 5.91 Å². The van der Waals surface area contributed by atoms with E-state index < -0.39 is 0 Å². The number of hydrogen-bond donors (Lipinski definition) is 2. The van der Waals surface area contributed by atoms with E-state index in [9.17, 15) is 4.79 Å². The number of amides is 1. The molecule has 4 heteroatoms. The van der Waals surface area contributed by atoms with Crippen LogP contribution >= 0.6 is 0 Å². The van der Waals surface area contributed by atoms with Gasteiger partial charge in [0.1, 0.15) is 0 Å². The van der Waals surface area contributed by atoms with Crippen LogP contribution in [-0.2, 0) is 4.79 Å². The molecule has 126 valence electrons. The Hall–Kier alpha value is -1.39. The van der Waals surface area contributed by atoms with Crippen molar-refractivity contribution in [1.29, 1.82) is 0 Å². The van der Waals surface area contributed by atoms with E-state index in [-0.39, 0.29) is 17.9 Å². The lowest BCUT2D eigenvalue weighted by Crippen LogP contribution is -2.37. The number of nitrogens with one attached hydrogen (secondary N) is 2. The number of benzene rings is 1. The fourth-order valence-electron chi connectivity index (χ4n) is 3.90. The Morgan fingerprint density at radius 3 is 2.57 bits per heavy atom. The zero-order valence-electron chi connectivity index (χ0n) is 14.6. The first kappa shape index (κ1) is 16.5. The monoisotopic (exact) mass is 315 g/mol. The third-order valence-corrected chi connectivity index (χ3v) is 5.66. The van der Waals surface area contributed by atoms with Gasteiger partial charge in [-0.15, -0.1) is 0 Å². The fourth-order valence-corrected chi connectivity index (χ4v) is 3.90. The lowest BCUT2D eigenvalue weighted by atomic mass is 9.91. The average Bonchev–Trinajstić information content (AvgIpc) is 3.22. The average molecular weight is 315 g/mol. The van der Waals surface area contributed by atoms with Gasteiger partial charge in [0.05, 0.1) is 6.04 Å². The molecule has 2 aliphatic rings. The van der Waals surface area contributed by atoms with Gasteiger partial charge >= 0.3 is 0 Å². The number of likely N-dealkylation sites (N-methyl/N-ethyl adjacent to an activating group) is 1. The van der Waals surface area contributed by atoms with Crippen LogP contribution in [0, 0.1) is 18.3 Å². The summed E-state index contributed by atoms with van der Waals surface area (Å²) in [5.41, 5.74) is 2.83. The summed E-state index contributed by atoms with van der Waals surface area (Å²) < 4.78 is 0. The summed E-state index contributed by atoms with van der Waals surface area (Å²) in [7, 11) is 4.14. The lowest BCUT2D eigenvalue weighted by Gasteiger charge is -2.26. The minimum absolute atomic E-state index is 0.224. The van der Waals surface area contributed by atoms with E-state index in [0.29, 0.717) is 12.0 Å². The van der Waals surface area contributed by atoms with Gasteiger partial charge in [0.2, 0.25) is 5.91 Å². The number of hydrogen-bond acceptors (Lipinski definition) is 3. The van der Waals surface area contributed by atoms with Crippen molar-refractivity contribution < 1.29 is 4.79 Å². The third-order valence-electron chi connectivity index (χ3n) is 5.66. The normalized spacial score (nSPS) is 23.7. The maximum absolute atomic E-state index is 12.5. The van der Waals surface area contributed by atoms with Crippen molar-refractivity contribution in [1.82, 2.24) is 15.5 Å². The van der Waals surface area contributed by atoms with Crippen LogP contribution in [0.15, 0.2) is 24.3 Å². The molecule has 4 nitrogen and oxygen atoms in total. The second-order valence-corrected chi connectivity index (χ2v) is 7.50. The highest BCUT2D eigenvalue weighted by Crippen LogP contribution is 2.58. The summed E-state index contributed by atoms with van der Waals surface area (Å²) in [4.78, 5) is 14.7. The Kier molecular flexibility index (Phi) is 4.74. The molecule has 1 aromatic rings. The molecule has 1 saturated carbocycles. The van der Waals surface area contributed by atoms with Crippen LogP contribution in [-0.4, -0.2) is 44.5 Å². The number of rotatable bonds is 5. The smallest absolute Gasteiger partial charge is 0.223 e. The second kappa shape index (κ2) is 6.62. The SMILES string of the molecule is Cc1ccc(C(CNC(=O)C2CC23CCNCC3)N(C)C)cc1. The Bertz CT molecular complexity index is 546. The topological polar surface area (TPSA) is 44.4 Å². The number of nitrogens with zero attached hydrogens (tertiary/aromatic N) is 1. The van der Waals surface area contributed by atoms with Crippen LogP contribution in [0.3, 0.4) is 0 Å². The highest BCUT2D eigenvalue weighted by atomic mass is 16.2. The van der Waals surface area contributed by atoms with Crippen molar-refractivity contribution in [3.8, 4) is 0 Å². The molecule has 1 amide bonds. The van der Waals surface area contributed by atoms with Gasteiger partial charge in [-0.3, -0.25) is 4.79 Å². The zero-order valence-corrected chi connectivity index (χ0v) is 14.6. The van der Waals surface area contributed by atoms with Gasteiger partial charge in [0.15, 0.2) is 0 Å². The summed E-state index contributed by atoms with van der Waals surface area (Å²) in [5, 5.41) is 6.60. The number of carbonyl (C=O) groups excluding carboxylic acids is 1. The molecule has 0 bridgehead atoms. The molecular weight excluding hydrogens is 286 g/mol. The van der Waals surface area contributed by atoms with Crippen LogP contribution in [0.4, 0.5) is 0 Å². The summed E-state index contributed by atoms with van der Waals surface area (Å²) in [6.07, 6.45) is 3.39. The number of piperidine rings is 1. The Balaban J connectivity index is 1.57. The van der Waals surface area contributed by atoms with Gasteiger partial charge in [-0.2, -0.15) is 0 Å². The maximum Gasteiger partial charge on any atom is 0.223 e. The molecule has 0 radical (unpaired) electrons. The molecule has 1 heterocycles. The van der Waals surface area contributed by atoms with Crippen molar-refractivity contribution in [3.63, 3.8) is 0 Å². The van der Waals surface area contributed by atoms with Crippen LogP contribution in [0.25, 0.3) is 0 Å². The predicted molar refractivity (Wildman–Crippen MR) is 93.3 cm³/mol. The molecule has 2 N–H and O–H groups in total. The zero-order chi connectivity index (χ0) is 16.4. The molecule has 1 spiro atoms. The third kappa shape index (κ3) is 3.59. The standard InChI is InChI=1S/C19H29N3O/c1-14-4-6-15(7-5-14)17(22(2)3)13-21-18(23)16-12-19(16)8-10-20-11-9-19/h4-7,16-17,20H,8-13H2,1-3H3,(H,21,23). The largest absolute Gasteiger partial charge is 0.354 e. The van der Waals surface area contributed by atoms with E-state index in [1.165, 1.54) is 11.1 Å². The van der Waals surface area contributed by atoms with Crippen molar-refractivity contribution in [2.45, 2.75) is 32.2 Å². The van der Waals surface area contributed by atoms with Crippen LogP contribution in [0.2, 0.25) is 0 Å². The Morgan fingerprint density at radius 1 is 1.30 bits per heavy atom. The molecule has 1 saturated heterocycles. The first-order chi connectivity index (χ1) is 11.0. The molecule has 1 aromatic carbocycles. The van der Waals surface area contributed by atoms with Gasteiger partial charge in [0, 0.05) is 12.5 Å². The van der Waals surface area contributed by atoms with Crippen LogP contribution in [0.1, 0.15) is 36.4 Å². The van der Waals surface area contributed by atoms with Gasteiger partial charge < -0.3 is 15.5 Å². The highest BCUT2D eigenvalue weighted by molar-refractivity contribution is 5.82. The van der Waals surface area contributed by atoms with Crippen molar-refractivity contribution in [3.05, 3.63) is 35.4 Å². The Labute approximate surface area is 139 Å². The minimum atomic E-state index is 0.224. The number of aryl methyl sites for hydroxylation is 1. The van der Waals surface area contributed by atoms with Crippen molar-refractivity contribution in [2.24, 2.45) is 11.3 Å². The molecule has 2 unspecified atom stereocenters. The van der Waals surface area contributed by atoms with Crippen LogP contribution < -0.4 is 10.6 Å². The van der Waals surface area contributed by atoms with Gasteiger partial charge in [-0.1, -0.05) is 29.8 Å². The van der Waals surface area contributed by atoms with Gasteiger partial charge in [-0.05, 0) is 64.3 Å². The molecule has 2 fully saturated rings. The van der Waals surface area contributed by atoms with E-state index in [0.717, 1.165) is 32.4 Å². The van der Waals surface area contributed by atoms with E-state index in [1.807, 2.05) is 0 Å². The quantitative estimate of drug-likeness (QED) is 0.875. The van der Waals surface area contributed by atoms with E-state index in [1.54, 1.807) is 0 Å². The summed E-state index contributed by atoms with van der Waals surface area (Å²) >= 11 is 0. The first-order valence-corrected chi connectivity index (χ1v) is 8.73. The summed E-state index contributed by atoms with van der Waals surface area (Å²) in [5.74, 6) is 0.497. The minimum Gasteiger partial charge on any atom is -0.354 e. The lowest BCUT2D eigenvalue weighted by molar-refractivity contribution is -0.123. The summed E-state index contributed by atoms with van der Waals surface area (Å²) in [6.45, 7) is 4.91. The molecule has 0 aromatic heterocycles. The fraction of sp³-hybridized carbons (Fsp3) is 0.632. The summed E-state index contributed by atoms with van der Waals surface area (Å²) in [6, 6.07) is 8.83. The van der Waals surface area contributed by atoms with Crippen molar-refractivity contribution in [2.75, 3.05) is 33.7 Å². The van der Waals surface area contributed by atoms with E-state index >= 15 is 0 Å². The van der Waals surface area contributed by atoms with Crippen LogP contribution in [0.5, 0.6) is 0 Å². The molecule has 3 rings (SSSR count). The number of carbonyl (C=O) groups is 1. The highest BCUT2D eigenvalue weighted by Gasteiger charge is 2.57. The predicted octanol–water partition coefficient (Wildman–Crippen LogP) is 2.10. The van der Waals surface area contributed by atoms with Gasteiger partial charge in [-0.25, -0.2) is 0 Å². The second-order valence-electron chi connectivity index (χ2n) is 7.50. The van der Waals surface area contributed by atoms with E-state index in [4.69, 9.17) is 0 Å².